The number of carbonyl (C=O) groups is 1. The Labute approximate surface area is 200 Å². The number of fused-ring (bicyclic) bond motifs is 2. The van der Waals surface area contributed by atoms with Crippen molar-refractivity contribution >= 4 is 39.9 Å². The van der Waals surface area contributed by atoms with Crippen molar-refractivity contribution in [3.05, 3.63) is 81.6 Å². The number of halogens is 1. The number of hydrogen-bond acceptors (Lipinski definition) is 7. The molecule has 34 heavy (non-hydrogen) atoms. The second-order valence-electron chi connectivity index (χ2n) is 8.45. The lowest BCUT2D eigenvalue weighted by atomic mass is 10.0. The third-order valence-electron chi connectivity index (χ3n) is 6.46. The fourth-order valence-corrected chi connectivity index (χ4v) is 5.20. The molecule has 0 radical (unpaired) electrons. The quantitative estimate of drug-likeness (QED) is 0.478. The summed E-state index contributed by atoms with van der Waals surface area (Å²) in [6.07, 6.45) is 3.52. The van der Waals surface area contributed by atoms with E-state index in [9.17, 15) is 9.59 Å². The van der Waals surface area contributed by atoms with Crippen molar-refractivity contribution in [3.8, 4) is 5.69 Å². The molecule has 9 heteroatoms. The third kappa shape index (κ3) is 3.25. The highest BCUT2D eigenvalue weighted by Gasteiger charge is 2.36. The minimum absolute atomic E-state index is 0.0219. The van der Waals surface area contributed by atoms with Gasteiger partial charge in [0, 0.05) is 19.5 Å². The number of Topliss-reactive ketones (excluding diaryl/α,β-unsaturated/α-hetero) is 1. The van der Waals surface area contributed by atoms with E-state index >= 15 is 0 Å². The molecule has 2 aromatic heterocycles. The van der Waals surface area contributed by atoms with Gasteiger partial charge in [-0.05, 0) is 37.1 Å². The maximum Gasteiger partial charge on any atom is 0.267 e. The molecular weight excluding hydrogens is 452 g/mol. The molecule has 8 nitrogen and oxygen atoms in total. The highest BCUT2D eigenvalue weighted by atomic mass is 35.5. The number of ketones is 1. The first-order valence-corrected chi connectivity index (χ1v) is 11.7. The Balaban J connectivity index is 1.59. The molecule has 0 aliphatic carbocycles. The smallest absolute Gasteiger partial charge is 0.267 e. The van der Waals surface area contributed by atoms with Crippen LogP contribution in [0, 0.1) is 0 Å². The maximum atomic E-state index is 13.8. The molecule has 1 unspecified atom stereocenters. The van der Waals surface area contributed by atoms with Crippen molar-refractivity contribution in [3.63, 3.8) is 0 Å². The molecule has 0 saturated carbocycles. The summed E-state index contributed by atoms with van der Waals surface area (Å²) in [6, 6.07) is 14.5. The van der Waals surface area contributed by atoms with E-state index in [1.165, 1.54) is 6.33 Å². The summed E-state index contributed by atoms with van der Waals surface area (Å²) in [7, 11) is 0. The summed E-state index contributed by atoms with van der Waals surface area (Å²) < 4.78 is 1.64. The van der Waals surface area contributed by atoms with Crippen LogP contribution in [0.2, 0.25) is 5.02 Å². The molecule has 1 N–H and O–H groups in total. The lowest BCUT2D eigenvalue weighted by Crippen LogP contribution is -2.33. The van der Waals surface area contributed by atoms with Crippen LogP contribution in [0.3, 0.4) is 0 Å². The molecule has 1 fully saturated rings. The SMILES string of the molecule is O=C1CCNc2ncnc(N3CCCC3c3nc4cccc(Cl)c4c(=O)n3-c3ccccc3)c21. The number of hydrogen-bond donors (Lipinski definition) is 1. The Morgan fingerprint density at radius 3 is 2.74 bits per heavy atom. The largest absolute Gasteiger partial charge is 0.369 e. The van der Waals surface area contributed by atoms with Crippen LogP contribution in [0.5, 0.6) is 0 Å². The van der Waals surface area contributed by atoms with Crippen LogP contribution in [0.15, 0.2) is 59.7 Å². The van der Waals surface area contributed by atoms with E-state index in [2.05, 4.69) is 20.2 Å². The highest BCUT2D eigenvalue weighted by Crippen LogP contribution is 2.39. The molecule has 0 spiro atoms. The molecule has 4 aromatic rings. The van der Waals surface area contributed by atoms with Crippen LogP contribution in [-0.4, -0.2) is 38.4 Å². The predicted octanol–water partition coefficient (Wildman–Crippen LogP) is 4.17. The summed E-state index contributed by atoms with van der Waals surface area (Å²) in [5.74, 6) is 1.77. The minimum atomic E-state index is -0.245. The molecule has 0 bridgehead atoms. The molecule has 0 amide bonds. The van der Waals surface area contributed by atoms with E-state index in [1.807, 2.05) is 30.3 Å². The second kappa shape index (κ2) is 8.22. The number of nitrogens with one attached hydrogen (secondary N) is 1. The average Bonchev–Trinajstić information content (AvgIpc) is 3.34. The molecule has 1 atom stereocenters. The van der Waals surface area contributed by atoms with Gasteiger partial charge in [0.25, 0.3) is 5.56 Å². The number of nitrogens with zero attached hydrogens (tertiary/aromatic N) is 5. The number of carbonyl (C=O) groups excluding carboxylic acids is 1. The van der Waals surface area contributed by atoms with Crippen LogP contribution >= 0.6 is 11.6 Å². The van der Waals surface area contributed by atoms with Gasteiger partial charge in [-0.15, -0.1) is 0 Å². The number of para-hydroxylation sites is 1. The van der Waals surface area contributed by atoms with E-state index in [-0.39, 0.29) is 17.4 Å². The highest BCUT2D eigenvalue weighted by molar-refractivity contribution is 6.35. The zero-order valence-electron chi connectivity index (χ0n) is 18.2. The van der Waals surface area contributed by atoms with Gasteiger partial charge in [-0.1, -0.05) is 35.9 Å². The number of aromatic nitrogens is 4. The van der Waals surface area contributed by atoms with Crippen molar-refractivity contribution in [1.29, 1.82) is 0 Å². The Bertz CT molecular complexity index is 1490. The maximum absolute atomic E-state index is 13.8. The van der Waals surface area contributed by atoms with Gasteiger partial charge in [-0.2, -0.15) is 0 Å². The standard InChI is InChI=1S/C25H21ClN6O2/c26-16-8-4-9-17-20(16)25(34)32(15-6-2-1-3-7-15)23(30-17)18-10-5-13-31(18)24-21-19(33)11-12-27-22(21)28-14-29-24/h1-4,6-9,14,18H,5,10-13H2,(H,27,28,29). The molecule has 6 rings (SSSR count). The summed E-state index contributed by atoms with van der Waals surface area (Å²) in [5, 5.41) is 3.96. The third-order valence-corrected chi connectivity index (χ3v) is 6.78. The van der Waals surface area contributed by atoms with Crippen LogP contribution in [0.25, 0.3) is 16.6 Å². The Hall–Kier alpha value is -3.78. The molecule has 1 saturated heterocycles. The average molecular weight is 473 g/mol. The Morgan fingerprint density at radius 2 is 1.88 bits per heavy atom. The summed E-state index contributed by atoms with van der Waals surface area (Å²) in [5.41, 5.74) is 1.56. The van der Waals surface area contributed by atoms with E-state index < -0.39 is 0 Å². The van der Waals surface area contributed by atoms with Crippen molar-refractivity contribution in [1.82, 2.24) is 19.5 Å². The normalized spacial score (nSPS) is 17.6. The zero-order valence-corrected chi connectivity index (χ0v) is 19.0. The number of benzene rings is 2. The van der Waals surface area contributed by atoms with Crippen molar-refractivity contribution in [2.24, 2.45) is 0 Å². The van der Waals surface area contributed by atoms with Gasteiger partial charge in [0.05, 0.1) is 27.7 Å². The topological polar surface area (TPSA) is 93.0 Å². The van der Waals surface area contributed by atoms with E-state index in [1.54, 1.807) is 22.8 Å². The number of anilines is 2. The van der Waals surface area contributed by atoms with Crippen LogP contribution < -0.4 is 15.8 Å². The van der Waals surface area contributed by atoms with E-state index in [4.69, 9.17) is 16.6 Å². The van der Waals surface area contributed by atoms with E-state index in [0.29, 0.717) is 64.1 Å². The van der Waals surface area contributed by atoms with E-state index in [0.717, 1.165) is 12.8 Å². The monoisotopic (exact) mass is 472 g/mol. The van der Waals surface area contributed by atoms with Gasteiger partial charge < -0.3 is 10.2 Å². The van der Waals surface area contributed by atoms with Crippen molar-refractivity contribution in [2.45, 2.75) is 25.3 Å². The van der Waals surface area contributed by atoms with Gasteiger partial charge in [-0.25, -0.2) is 15.0 Å². The molecule has 2 aliphatic rings. The van der Waals surface area contributed by atoms with Crippen molar-refractivity contribution in [2.75, 3.05) is 23.3 Å². The first kappa shape index (κ1) is 20.8. The number of rotatable bonds is 3. The fraction of sp³-hybridized carbons (Fsp3) is 0.240. The van der Waals surface area contributed by atoms with Gasteiger partial charge in [0.2, 0.25) is 0 Å². The summed E-state index contributed by atoms with van der Waals surface area (Å²) in [6.45, 7) is 1.26. The van der Waals surface area contributed by atoms with Crippen LogP contribution in [0.1, 0.15) is 41.5 Å². The molecule has 170 valence electrons. The second-order valence-corrected chi connectivity index (χ2v) is 8.86. The molecule has 4 heterocycles. The minimum Gasteiger partial charge on any atom is -0.369 e. The first-order chi connectivity index (χ1) is 16.6. The van der Waals surface area contributed by atoms with Crippen LogP contribution in [0.4, 0.5) is 11.6 Å². The summed E-state index contributed by atoms with van der Waals surface area (Å²) >= 11 is 6.43. The lowest BCUT2D eigenvalue weighted by molar-refractivity contribution is 0.0983. The van der Waals surface area contributed by atoms with Crippen LogP contribution in [-0.2, 0) is 0 Å². The zero-order chi connectivity index (χ0) is 23.2. The first-order valence-electron chi connectivity index (χ1n) is 11.3. The molecular formula is C25H21ClN6O2. The molecule has 2 aromatic carbocycles. The predicted molar refractivity (Wildman–Crippen MR) is 131 cm³/mol. The van der Waals surface area contributed by atoms with Gasteiger partial charge in [-0.3, -0.25) is 14.2 Å². The van der Waals surface area contributed by atoms with Crippen molar-refractivity contribution < 1.29 is 4.79 Å². The summed E-state index contributed by atoms with van der Waals surface area (Å²) in [4.78, 5) is 42.4. The Morgan fingerprint density at radius 1 is 1.03 bits per heavy atom. The van der Waals surface area contributed by atoms with Gasteiger partial charge in [0.15, 0.2) is 5.78 Å². The Kier molecular flexibility index (Phi) is 5.03. The van der Waals surface area contributed by atoms with Gasteiger partial charge in [0.1, 0.15) is 29.4 Å². The fourth-order valence-electron chi connectivity index (χ4n) is 4.95. The van der Waals surface area contributed by atoms with Gasteiger partial charge >= 0.3 is 0 Å². The molecule has 2 aliphatic heterocycles. The lowest BCUT2D eigenvalue weighted by Gasteiger charge is -2.30.